The van der Waals surface area contributed by atoms with Gasteiger partial charge < -0.3 is 20.5 Å². The summed E-state index contributed by atoms with van der Waals surface area (Å²) in [6, 6.07) is 19.6. The highest BCUT2D eigenvalue weighted by molar-refractivity contribution is 9.10. The van der Waals surface area contributed by atoms with E-state index in [1.54, 1.807) is 19.9 Å². The number of anilines is 1. The van der Waals surface area contributed by atoms with Crippen molar-refractivity contribution in [2.75, 3.05) is 11.9 Å². The second-order valence-corrected chi connectivity index (χ2v) is 9.63. The number of amides is 2. The van der Waals surface area contributed by atoms with E-state index in [-0.39, 0.29) is 24.0 Å². The van der Waals surface area contributed by atoms with E-state index in [0.29, 0.717) is 10.2 Å². The highest BCUT2D eigenvalue weighted by Gasteiger charge is 2.30. The minimum absolute atomic E-state index is 0.0280. The number of alkyl carbamates (subject to hydrolysis) is 1. The van der Waals surface area contributed by atoms with Crippen LogP contribution < -0.4 is 10.6 Å². The van der Waals surface area contributed by atoms with E-state index in [1.165, 1.54) is 12.1 Å². The third-order valence-electron chi connectivity index (χ3n) is 5.98. The van der Waals surface area contributed by atoms with Crippen molar-refractivity contribution in [3.8, 4) is 11.1 Å². The Labute approximate surface area is 211 Å². The number of benzene rings is 3. The molecule has 1 aliphatic carbocycles. The predicted molar refractivity (Wildman–Crippen MR) is 137 cm³/mol. The molecule has 0 aliphatic heterocycles. The van der Waals surface area contributed by atoms with Crippen molar-refractivity contribution in [3.63, 3.8) is 0 Å². The van der Waals surface area contributed by atoms with E-state index >= 15 is 0 Å². The number of nitrogens with one attached hydrogen (secondary N) is 2. The second-order valence-electron chi connectivity index (χ2n) is 8.71. The average molecular weight is 537 g/mol. The predicted octanol–water partition coefficient (Wildman–Crippen LogP) is 5.65. The van der Waals surface area contributed by atoms with Crippen molar-refractivity contribution in [2.24, 2.45) is 5.92 Å². The first kappa shape index (κ1) is 24.5. The molecule has 0 saturated carbocycles. The monoisotopic (exact) mass is 536 g/mol. The zero-order valence-corrected chi connectivity index (χ0v) is 20.8. The molecular weight excluding hydrogens is 512 g/mol. The van der Waals surface area contributed by atoms with E-state index in [1.807, 2.05) is 36.4 Å². The quantitative estimate of drug-likeness (QED) is 0.362. The normalized spacial score (nSPS) is 13.0. The molecule has 1 atom stereocenters. The molecule has 3 aromatic carbocycles. The Morgan fingerprint density at radius 2 is 1.57 bits per heavy atom. The van der Waals surface area contributed by atoms with Crippen molar-refractivity contribution in [1.82, 2.24) is 5.32 Å². The summed E-state index contributed by atoms with van der Waals surface area (Å²) >= 11 is 3.25. The summed E-state index contributed by atoms with van der Waals surface area (Å²) in [5, 5.41) is 14.6. The van der Waals surface area contributed by atoms with Crippen molar-refractivity contribution in [3.05, 3.63) is 87.9 Å². The molecule has 0 heterocycles. The number of hydrogen-bond donors (Lipinski definition) is 3. The van der Waals surface area contributed by atoms with Crippen LogP contribution in [0.15, 0.2) is 71.2 Å². The van der Waals surface area contributed by atoms with E-state index < -0.39 is 24.0 Å². The van der Waals surface area contributed by atoms with Gasteiger partial charge in [-0.15, -0.1) is 0 Å². The molecular formula is C27H25BrN2O5. The van der Waals surface area contributed by atoms with Gasteiger partial charge in [0.1, 0.15) is 12.6 Å². The molecule has 8 heteroatoms. The lowest BCUT2D eigenvalue weighted by Gasteiger charge is -2.22. The van der Waals surface area contributed by atoms with E-state index in [9.17, 15) is 19.5 Å². The van der Waals surface area contributed by atoms with Gasteiger partial charge in [0.2, 0.25) is 5.91 Å². The van der Waals surface area contributed by atoms with Crippen molar-refractivity contribution < 1.29 is 24.2 Å². The number of fused-ring (bicyclic) bond motifs is 3. The molecule has 180 valence electrons. The Kier molecular flexibility index (Phi) is 7.21. The van der Waals surface area contributed by atoms with Crippen LogP contribution in [0.1, 0.15) is 41.3 Å². The number of carbonyl (C=O) groups is 3. The summed E-state index contributed by atoms with van der Waals surface area (Å²) in [7, 11) is 0. The molecule has 35 heavy (non-hydrogen) atoms. The van der Waals surface area contributed by atoms with Gasteiger partial charge >= 0.3 is 12.1 Å². The molecule has 0 aromatic heterocycles. The maximum atomic E-state index is 12.9. The standard InChI is InChI=1S/C27H25BrN2O5/c1-15(2)24(25(31)29-18-12-16(26(32)33)11-17(28)13-18)30-27(34)35-14-23-21-9-5-3-7-19(21)20-8-4-6-10-22(20)23/h3-13,15,23-24H,14H2,1-2H3,(H,29,31)(H,30,34)(H,32,33). The van der Waals surface area contributed by atoms with Gasteiger partial charge in [0, 0.05) is 16.1 Å². The fourth-order valence-corrected chi connectivity index (χ4v) is 4.80. The second kappa shape index (κ2) is 10.3. The molecule has 3 aromatic rings. The summed E-state index contributed by atoms with van der Waals surface area (Å²) in [6.45, 7) is 3.75. The summed E-state index contributed by atoms with van der Waals surface area (Å²) in [4.78, 5) is 36.9. The minimum atomic E-state index is -1.11. The Hall–Kier alpha value is -3.65. The summed E-state index contributed by atoms with van der Waals surface area (Å²) in [5.74, 6) is -1.90. The van der Waals surface area contributed by atoms with Crippen LogP contribution in [0.5, 0.6) is 0 Å². The van der Waals surface area contributed by atoms with Gasteiger partial charge in [-0.25, -0.2) is 9.59 Å². The van der Waals surface area contributed by atoms with Gasteiger partial charge in [-0.1, -0.05) is 78.3 Å². The average Bonchev–Trinajstić information content (AvgIpc) is 3.14. The van der Waals surface area contributed by atoms with Crippen LogP contribution >= 0.6 is 15.9 Å². The van der Waals surface area contributed by atoms with Crippen LogP contribution in [-0.2, 0) is 9.53 Å². The number of carbonyl (C=O) groups excluding carboxylic acids is 2. The summed E-state index contributed by atoms with van der Waals surface area (Å²) < 4.78 is 6.09. The fourth-order valence-electron chi connectivity index (χ4n) is 4.31. The topological polar surface area (TPSA) is 105 Å². The van der Waals surface area contributed by atoms with Gasteiger partial charge in [0.15, 0.2) is 0 Å². The number of hydrogen-bond acceptors (Lipinski definition) is 4. The Morgan fingerprint density at radius 1 is 0.971 bits per heavy atom. The third-order valence-corrected chi connectivity index (χ3v) is 6.44. The largest absolute Gasteiger partial charge is 0.478 e. The molecule has 0 bridgehead atoms. The Balaban J connectivity index is 1.43. The number of aromatic carboxylic acids is 1. The van der Waals surface area contributed by atoms with E-state index in [0.717, 1.165) is 22.3 Å². The van der Waals surface area contributed by atoms with E-state index in [2.05, 4.69) is 38.7 Å². The van der Waals surface area contributed by atoms with Crippen molar-refractivity contribution >= 4 is 39.6 Å². The molecule has 4 rings (SSSR count). The Morgan fingerprint density at radius 3 is 2.14 bits per heavy atom. The molecule has 0 radical (unpaired) electrons. The first-order valence-corrected chi connectivity index (χ1v) is 12.0. The number of halogens is 1. The molecule has 0 saturated heterocycles. The van der Waals surface area contributed by atoms with Crippen LogP contribution in [0.2, 0.25) is 0 Å². The number of carboxylic acids is 1. The lowest BCUT2D eigenvalue weighted by atomic mass is 9.98. The van der Waals surface area contributed by atoms with Gasteiger partial charge in [-0.05, 0) is 46.4 Å². The summed E-state index contributed by atoms with van der Waals surface area (Å²) in [5.41, 5.74) is 4.80. The summed E-state index contributed by atoms with van der Waals surface area (Å²) in [6.07, 6.45) is -0.693. The van der Waals surface area contributed by atoms with Gasteiger partial charge in [0.25, 0.3) is 0 Å². The lowest BCUT2D eigenvalue weighted by Crippen LogP contribution is -2.47. The maximum absolute atomic E-state index is 12.9. The van der Waals surface area contributed by atoms with Gasteiger partial charge in [-0.2, -0.15) is 0 Å². The van der Waals surface area contributed by atoms with Gasteiger partial charge in [0.05, 0.1) is 5.56 Å². The Bertz CT molecular complexity index is 1240. The molecule has 2 amide bonds. The zero-order chi connectivity index (χ0) is 25.1. The van der Waals surface area contributed by atoms with Crippen molar-refractivity contribution in [2.45, 2.75) is 25.8 Å². The molecule has 1 unspecified atom stereocenters. The SMILES string of the molecule is CC(C)C(NC(=O)OCC1c2ccccc2-c2ccccc21)C(=O)Nc1cc(Br)cc(C(=O)O)c1. The highest BCUT2D eigenvalue weighted by Crippen LogP contribution is 2.44. The van der Waals surface area contributed by atoms with Crippen LogP contribution in [-0.4, -0.2) is 35.7 Å². The molecule has 7 nitrogen and oxygen atoms in total. The first-order valence-electron chi connectivity index (χ1n) is 11.2. The molecule has 1 aliphatic rings. The first-order chi connectivity index (χ1) is 16.7. The smallest absolute Gasteiger partial charge is 0.407 e. The van der Waals surface area contributed by atoms with Crippen LogP contribution in [0.25, 0.3) is 11.1 Å². The number of carboxylic acid groups (broad SMARTS) is 1. The minimum Gasteiger partial charge on any atom is -0.478 e. The fraction of sp³-hybridized carbons (Fsp3) is 0.222. The van der Waals surface area contributed by atoms with Crippen molar-refractivity contribution in [1.29, 1.82) is 0 Å². The van der Waals surface area contributed by atoms with Crippen LogP contribution in [0, 0.1) is 5.92 Å². The molecule has 0 fully saturated rings. The number of rotatable bonds is 7. The van der Waals surface area contributed by atoms with E-state index in [4.69, 9.17) is 4.74 Å². The molecule has 0 spiro atoms. The van der Waals surface area contributed by atoms with Gasteiger partial charge in [-0.3, -0.25) is 4.79 Å². The highest BCUT2D eigenvalue weighted by atomic mass is 79.9. The molecule has 3 N–H and O–H groups in total. The third kappa shape index (κ3) is 5.38. The number of ether oxygens (including phenoxy) is 1. The zero-order valence-electron chi connectivity index (χ0n) is 19.2. The van der Waals surface area contributed by atoms with Crippen LogP contribution in [0.4, 0.5) is 10.5 Å². The van der Waals surface area contributed by atoms with Crippen LogP contribution in [0.3, 0.4) is 0 Å². The lowest BCUT2D eigenvalue weighted by molar-refractivity contribution is -0.119. The maximum Gasteiger partial charge on any atom is 0.407 e.